The average Bonchev–Trinajstić information content (AvgIpc) is 3.26. The molecule has 0 N–H and O–H groups in total. The number of benzene rings is 1. The number of fused-ring (bicyclic) bond motifs is 1. The summed E-state index contributed by atoms with van der Waals surface area (Å²) in [6.45, 7) is 17.0. The summed E-state index contributed by atoms with van der Waals surface area (Å²) in [6.07, 6.45) is 9.90. The highest BCUT2D eigenvalue weighted by Gasteiger charge is 2.28. The number of aromatic nitrogens is 3. The van der Waals surface area contributed by atoms with Gasteiger partial charge >= 0.3 is 0 Å². The number of aryl methyl sites for hydroxylation is 1. The van der Waals surface area contributed by atoms with Gasteiger partial charge < -0.3 is 9.47 Å². The predicted octanol–water partition coefficient (Wildman–Crippen LogP) is 5.60. The molecule has 0 spiro atoms. The molecule has 0 amide bonds. The zero-order valence-electron chi connectivity index (χ0n) is 21.7. The Morgan fingerprint density at radius 3 is 2.38 bits per heavy atom. The van der Waals surface area contributed by atoms with Crippen LogP contribution in [0.15, 0.2) is 48.7 Å². The lowest BCUT2D eigenvalue weighted by Crippen LogP contribution is -2.44. The van der Waals surface area contributed by atoms with Crippen LogP contribution in [0.3, 0.4) is 0 Å². The molecule has 1 aromatic carbocycles. The molecule has 0 atom stereocenters. The smallest absolute Gasteiger partial charge is 0.160 e. The van der Waals surface area contributed by atoms with Gasteiger partial charge in [0.25, 0.3) is 0 Å². The van der Waals surface area contributed by atoms with Crippen LogP contribution in [-0.4, -0.2) is 63.1 Å². The van der Waals surface area contributed by atoms with Crippen LogP contribution in [-0.2, 0) is 12.0 Å². The molecule has 0 unspecified atom stereocenters. The molecule has 1 saturated heterocycles. The van der Waals surface area contributed by atoms with Crippen molar-refractivity contribution < 1.29 is 0 Å². The minimum Gasteiger partial charge on any atom is -0.303 e. The molecule has 3 heterocycles. The van der Waals surface area contributed by atoms with Crippen LogP contribution in [0, 0.1) is 0 Å². The summed E-state index contributed by atoms with van der Waals surface area (Å²) in [4.78, 5) is 14.7. The second kappa shape index (κ2) is 10.8. The Labute approximate surface area is 205 Å². The number of pyridine rings is 1. The molecule has 0 radical (unpaired) electrons. The monoisotopic (exact) mass is 459 g/mol. The van der Waals surface area contributed by atoms with E-state index in [9.17, 15) is 0 Å². The Balaban J connectivity index is 1.40. The van der Waals surface area contributed by atoms with Gasteiger partial charge in [0.15, 0.2) is 5.65 Å². The summed E-state index contributed by atoms with van der Waals surface area (Å²) in [7, 11) is 0. The number of nitrogens with zero attached hydrogens (tertiary/aromatic N) is 5. The highest BCUT2D eigenvalue weighted by molar-refractivity contribution is 5.72. The molecule has 1 fully saturated rings. The van der Waals surface area contributed by atoms with Crippen LogP contribution in [0.2, 0.25) is 0 Å². The van der Waals surface area contributed by atoms with Gasteiger partial charge in [-0.25, -0.2) is 9.97 Å². The second-order valence-electron chi connectivity index (χ2n) is 9.90. The Kier molecular flexibility index (Phi) is 7.84. The van der Waals surface area contributed by atoms with Crippen molar-refractivity contribution in [1.29, 1.82) is 0 Å². The lowest BCUT2D eigenvalue weighted by molar-refractivity contribution is 0.123. The number of piperidine rings is 1. The van der Waals surface area contributed by atoms with Crippen LogP contribution in [0.5, 0.6) is 0 Å². The van der Waals surface area contributed by atoms with E-state index in [-0.39, 0.29) is 5.54 Å². The Morgan fingerprint density at radius 2 is 1.74 bits per heavy atom. The number of hydrogen-bond acceptors (Lipinski definition) is 4. The van der Waals surface area contributed by atoms with Gasteiger partial charge in [-0.1, -0.05) is 57.2 Å². The minimum atomic E-state index is -0.230. The van der Waals surface area contributed by atoms with E-state index in [2.05, 4.69) is 90.4 Å². The normalized spacial score (nSPS) is 16.3. The molecule has 0 aliphatic carbocycles. The third-order valence-corrected chi connectivity index (χ3v) is 7.54. The maximum atomic E-state index is 4.83. The number of imidazole rings is 1. The molecular formula is C29H41N5. The molecule has 34 heavy (non-hydrogen) atoms. The molecular weight excluding hydrogens is 418 g/mol. The van der Waals surface area contributed by atoms with Gasteiger partial charge in [0.2, 0.25) is 0 Å². The molecule has 2 aromatic heterocycles. The lowest BCUT2D eigenvalue weighted by atomic mass is 9.92. The molecule has 182 valence electrons. The summed E-state index contributed by atoms with van der Waals surface area (Å²) < 4.78 is 2.30. The first-order valence-corrected chi connectivity index (χ1v) is 13.0. The first kappa shape index (κ1) is 24.6. The highest BCUT2D eigenvalue weighted by Crippen LogP contribution is 2.31. The predicted molar refractivity (Wildman–Crippen MR) is 143 cm³/mol. The largest absolute Gasteiger partial charge is 0.303 e. The maximum absolute atomic E-state index is 4.83. The van der Waals surface area contributed by atoms with E-state index in [1.165, 1.54) is 50.1 Å². The van der Waals surface area contributed by atoms with Crippen molar-refractivity contribution in [2.24, 2.45) is 0 Å². The molecule has 0 bridgehead atoms. The van der Waals surface area contributed by atoms with Gasteiger partial charge in [-0.3, -0.25) is 4.90 Å². The minimum absolute atomic E-state index is 0.230. The number of hydrogen-bond donors (Lipinski definition) is 0. The molecule has 1 aliphatic rings. The lowest BCUT2D eigenvalue weighted by Gasteiger charge is -2.37. The van der Waals surface area contributed by atoms with Crippen LogP contribution in [0.4, 0.5) is 0 Å². The number of rotatable bonds is 9. The van der Waals surface area contributed by atoms with Gasteiger partial charge in [0.05, 0.1) is 5.54 Å². The van der Waals surface area contributed by atoms with Crippen molar-refractivity contribution in [2.75, 3.05) is 32.7 Å². The summed E-state index contributed by atoms with van der Waals surface area (Å²) in [5.41, 5.74) is 4.21. The van der Waals surface area contributed by atoms with E-state index in [4.69, 9.17) is 4.98 Å². The van der Waals surface area contributed by atoms with Crippen molar-refractivity contribution >= 4 is 17.2 Å². The van der Waals surface area contributed by atoms with Crippen molar-refractivity contribution in [1.82, 2.24) is 24.3 Å². The summed E-state index contributed by atoms with van der Waals surface area (Å²) in [5.74, 6) is 1.08. The SMILES string of the molecule is CCc1nc2cccnc2n1C(C)(C)c1ccc(C=CCN2CCC(N(CC)CC)CC2)cc1. The molecule has 5 nitrogen and oxygen atoms in total. The van der Waals surface area contributed by atoms with Gasteiger partial charge in [-0.05, 0) is 76.1 Å². The Morgan fingerprint density at radius 1 is 1.03 bits per heavy atom. The van der Waals surface area contributed by atoms with Crippen LogP contribution < -0.4 is 0 Å². The van der Waals surface area contributed by atoms with E-state index in [0.29, 0.717) is 0 Å². The van der Waals surface area contributed by atoms with E-state index in [1.54, 1.807) is 0 Å². The molecule has 3 aromatic rings. The fraction of sp³-hybridized carbons (Fsp3) is 0.517. The standard InChI is InChI=1S/C29H41N5/c1-6-27-31-26-12-9-19-30-28(26)34(27)29(4,5)24-15-13-23(14-16-24)11-10-20-32-21-17-25(18-22-32)33(7-2)8-3/h9-16,19,25H,6-8,17-18,20-22H2,1-5H3. The van der Waals surface area contributed by atoms with Gasteiger partial charge in [-0.15, -0.1) is 0 Å². The summed E-state index contributed by atoms with van der Waals surface area (Å²) in [6, 6.07) is 13.8. The fourth-order valence-corrected chi connectivity index (χ4v) is 5.46. The van der Waals surface area contributed by atoms with E-state index in [1.807, 2.05) is 18.3 Å². The quantitative estimate of drug-likeness (QED) is 0.418. The van der Waals surface area contributed by atoms with Crippen LogP contribution >= 0.6 is 0 Å². The van der Waals surface area contributed by atoms with Crippen LogP contribution in [0.1, 0.15) is 64.4 Å². The zero-order valence-corrected chi connectivity index (χ0v) is 21.7. The van der Waals surface area contributed by atoms with Crippen molar-refractivity contribution in [3.05, 3.63) is 65.6 Å². The first-order chi connectivity index (χ1) is 16.5. The molecule has 5 heteroatoms. The van der Waals surface area contributed by atoms with Crippen molar-refractivity contribution in [3.63, 3.8) is 0 Å². The highest BCUT2D eigenvalue weighted by atomic mass is 15.2. The second-order valence-corrected chi connectivity index (χ2v) is 9.90. The number of likely N-dealkylation sites (tertiary alicyclic amines) is 1. The molecule has 0 saturated carbocycles. The average molecular weight is 460 g/mol. The van der Waals surface area contributed by atoms with Crippen molar-refractivity contribution in [3.8, 4) is 0 Å². The van der Waals surface area contributed by atoms with Gasteiger partial charge in [0.1, 0.15) is 11.3 Å². The summed E-state index contributed by atoms with van der Waals surface area (Å²) >= 11 is 0. The molecule has 4 rings (SSSR count). The van der Waals surface area contributed by atoms with E-state index >= 15 is 0 Å². The molecule has 1 aliphatic heterocycles. The van der Waals surface area contributed by atoms with E-state index in [0.717, 1.165) is 36.0 Å². The zero-order chi connectivity index (χ0) is 24.1. The van der Waals surface area contributed by atoms with Crippen LogP contribution in [0.25, 0.3) is 17.2 Å². The summed E-state index contributed by atoms with van der Waals surface area (Å²) in [5, 5.41) is 0. The van der Waals surface area contributed by atoms with Gasteiger partial charge in [0, 0.05) is 25.2 Å². The van der Waals surface area contributed by atoms with E-state index < -0.39 is 0 Å². The topological polar surface area (TPSA) is 37.2 Å². The maximum Gasteiger partial charge on any atom is 0.160 e. The third kappa shape index (κ3) is 5.11. The Hall–Kier alpha value is -2.50. The third-order valence-electron chi connectivity index (χ3n) is 7.54. The Bertz CT molecular complexity index is 1080. The fourth-order valence-electron chi connectivity index (χ4n) is 5.46. The van der Waals surface area contributed by atoms with Gasteiger partial charge in [-0.2, -0.15) is 0 Å². The first-order valence-electron chi connectivity index (χ1n) is 13.0. The van der Waals surface area contributed by atoms with Crippen molar-refractivity contribution in [2.45, 2.75) is 65.5 Å².